The number of halogens is 1. The van der Waals surface area contributed by atoms with E-state index in [0.717, 1.165) is 6.07 Å². The van der Waals surface area contributed by atoms with Crippen LogP contribution in [0, 0.1) is 15.9 Å². The molecular weight excluding hydrogens is 287 g/mol. The first kappa shape index (κ1) is 15.0. The fourth-order valence-corrected chi connectivity index (χ4v) is 2.09. The lowest BCUT2D eigenvalue weighted by atomic mass is 9.98. The highest BCUT2D eigenvalue weighted by Crippen LogP contribution is 2.34. The minimum absolute atomic E-state index is 0.124. The summed E-state index contributed by atoms with van der Waals surface area (Å²) in [5.74, 6) is -2.28. The molecule has 1 aliphatic rings. The van der Waals surface area contributed by atoms with Crippen LogP contribution in [0.1, 0.15) is 6.42 Å². The molecule has 0 bridgehead atoms. The SMILES string of the molecule is COc1cc(NC2(C(=O)O)CCOC2)c(F)cc1[N+](=O)[O-]. The van der Waals surface area contributed by atoms with Gasteiger partial charge in [-0.15, -0.1) is 0 Å². The Morgan fingerprint density at radius 1 is 1.62 bits per heavy atom. The highest BCUT2D eigenvalue weighted by Gasteiger charge is 2.43. The van der Waals surface area contributed by atoms with E-state index in [9.17, 15) is 24.4 Å². The first-order valence-corrected chi connectivity index (χ1v) is 6.01. The number of nitrogens with zero attached hydrogens (tertiary/aromatic N) is 1. The van der Waals surface area contributed by atoms with Crippen LogP contribution in [0.5, 0.6) is 5.75 Å². The van der Waals surface area contributed by atoms with E-state index >= 15 is 0 Å². The van der Waals surface area contributed by atoms with Gasteiger partial charge in [0.2, 0.25) is 0 Å². The Morgan fingerprint density at radius 3 is 2.81 bits per heavy atom. The average Bonchev–Trinajstić information content (AvgIpc) is 2.90. The molecule has 0 spiro atoms. The molecule has 0 aliphatic carbocycles. The molecule has 0 amide bonds. The number of anilines is 1. The third kappa shape index (κ3) is 2.72. The van der Waals surface area contributed by atoms with Crippen LogP contribution in [0.3, 0.4) is 0 Å². The molecule has 1 aromatic rings. The van der Waals surface area contributed by atoms with Crippen molar-refractivity contribution in [3.8, 4) is 5.75 Å². The number of carboxylic acids is 1. The minimum atomic E-state index is -1.46. The number of methoxy groups -OCH3 is 1. The van der Waals surface area contributed by atoms with Gasteiger partial charge >= 0.3 is 11.7 Å². The highest BCUT2D eigenvalue weighted by atomic mass is 19.1. The van der Waals surface area contributed by atoms with Crippen LogP contribution in [0.4, 0.5) is 15.8 Å². The van der Waals surface area contributed by atoms with Crippen LogP contribution in [0.2, 0.25) is 0 Å². The molecule has 2 rings (SSSR count). The summed E-state index contributed by atoms with van der Waals surface area (Å²) in [5, 5.41) is 22.6. The molecule has 1 saturated heterocycles. The summed E-state index contributed by atoms with van der Waals surface area (Å²) in [5.41, 5.74) is -2.18. The van der Waals surface area contributed by atoms with E-state index < -0.39 is 27.9 Å². The van der Waals surface area contributed by atoms with Gasteiger partial charge in [0.1, 0.15) is 0 Å². The summed E-state index contributed by atoms with van der Waals surface area (Å²) in [6.45, 7) is 0.103. The van der Waals surface area contributed by atoms with Gasteiger partial charge in [-0.25, -0.2) is 9.18 Å². The van der Waals surface area contributed by atoms with Crippen LogP contribution in [0.25, 0.3) is 0 Å². The van der Waals surface area contributed by atoms with E-state index in [-0.39, 0.29) is 31.1 Å². The van der Waals surface area contributed by atoms with Crippen molar-refractivity contribution in [1.82, 2.24) is 0 Å². The maximum absolute atomic E-state index is 14.0. The second-order valence-electron chi connectivity index (χ2n) is 4.58. The minimum Gasteiger partial charge on any atom is -0.490 e. The summed E-state index contributed by atoms with van der Waals surface area (Å²) >= 11 is 0. The Bertz CT molecular complexity index is 585. The number of nitro benzene ring substituents is 1. The smallest absolute Gasteiger partial charge is 0.331 e. The van der Waals surface area contributed by atoms with E-state index in [0.29, 0.717) is 6.07 Å². The number of hydrogen-bond acceptors (Lipinski definition) is 6. The number of benzene rings is 1. The number of nitro groups is 1. The maximum atomic E-state index is 14.0. The van der Waals surface area contributed by atoms with Crippen molar-refractivity contribution < 1.29 is 28.7 Å². The van der Waals surface area contributed by atoms with Crippen molar-refractivity contribution in [3.05, 3.63) is 28.1 Å². The summed E-state index contributed by atoms with van der Waals surface area (Å²) < 4.78 is 23.8. The summed E-state index contributed by atoms with van der Waals surface area (Å²) in [6.07, 6.45) is 0.154. The monoisotopic (exact) mass is 300 g/mol. The second-order valence-corrected chi connectivity index (χ2v) is 4.58. The quantitative estimate of drug-likeness (QED) is 0.624. The molecule has 9 heteroatoms. The van der Waals surface area contributed by atoms with Crippen molar-refractivity contribution in [1.29, 1.82) is 0 Å². The fourth-order valence-electron chi connectivity index (χ4n) is 2.09. The van der Waals surface area contributed by atoms with Crippen molar-refractivity contribution in [2.75, 3.05) is 25.6 Å². The molecule has 0 aromatic heterocycles. The molecule has 1 unspecified atom stereocenters. The van der Waals surface area contributed by atoms with Crippen LogP contribution in [-0.4, -0.2) is 41.9 Å². The van der Waals surface area contributed by atoms with Crippen LogP contribution in [-0.2, 0) is 9.53 Å². The van der Waals surface area contributed by atoms with Crippen molar-refractivity contribution >= 4 is 17.3 Å². The Balaban J connectivity index is 2.40. The van der Waals surface area contributed by atoms with Crippen molar-refractivity contribution in [2.24, 2.45) is 0 Å². The van der Waals surface area contributed by atoms with E-state index in [1.807, 2.05) is 0 Å². The molecular formula is C12H13FN2O6. The molecule has 0 radical (unpaired) electrons. The molecule has 114 valence electrons. The molecule has 1 aromatic carbocycles. The van der Waals surface area contributed by atoms with E-state index in [2.05, 4.69) is 5.32 Å². The van der Waals surface area contributed by atoms with E-state index in [1.54, 1.807) is 0 Å². The number of nitrogens with one attached hydrogen (secondary N) is 1. The Hall–Kier alpha value is -2.42. The first-order chi connectivity index (χ1) is 9.89. The Morgan fingerprint density at radius 2 is 2.33 bits per heavy atom. The largest absolute Gasteiger partial charge is 0.490 e. The number of carbonyl (C=O) groups is 1. The first-order valence-electron chi connectivity index (χ1n) is 6.01. The zero-order valence-electron chi connectivity index (χ0n) is 11.1. The van der Waals surface area contributed by atoms with Crippen molar-refractivity contribution in [3.63, 3.8) is 0 Å². The van der Waals surface area contributed by atoms with Gasteiger partial charge < -0.3 is 19.9 Å². The fraction of sp³-hybridized carbons (Fsp3) is 0.417. The van der Waals surface area contributed by atoms with Crippen molar-refractivity contribution in [2.45, 2.75) is 12.0 Å². The zero-order valence-corrected chi connectivity index (χ0v) is 11.1. The number of ether oxygens (including phenoxy) is 2. The maximum Gasteiger partial charge on any atom is 0.331 e. The second kappa shape index (κ2) is 5.52. The predicted molar refractivity (Wildman–Crippen MR) is 69.0 cm³/mol. The molecule has 2 N–H and O–H groups in total. The standard InChI is InChI=1S/C12H13FN2O6/c1-20-10-5-8(7(13)4-9(10)15(18)19)14-12(11(16)17)2-3-21-6-12/h4-5,14H,2-3,6H2,1H3,(H,16,17). The molecule has 0 saturated carbocycles. The van der Waals surface area contributed by atoms with Gasteiger partial charge in [-0.3, -0.25) is 10.1 Å². The Kier molecular flexibility index (Phi) is 3.94. The highest BCUT2D eigenvalue weighted by molar-refractivity contribution is 5.83. The third-order valence-corrected chi connectivity index (χ3v) is 3.27. The lowest BCUT2D eigenvalue weighted by Crippen LogP contribution is -2.47. The molecule has 1 aliphatic heterocycles. The van der Waals surface area contributed by atoms with Gasteiger partial charge in [0.25, 0.3) is 0 Å². The molecule has 1 fully saturated rings. The topological polar surface area (TPSA) is 111 Å². The van der Waals surface area contributed by atoms with Gasteiger partial charge in [0.15, 0.2) is 17.1 Å². The summed E-state index contributed by atoms with van der Waals surface area (Å²) in [7, 11) is 1.20. The van der Waals surface area contributed by atoms with E-state index in [4.69, 9.17) is 9.47 Å². The third-order valence-electron chi connectivity index (χ3n) is 3.27. The summed E-state index contributed by atoms with van der Waals surface area (Å²) in [6, 6.07) is 1.75. The van der Waals surface area contributed by atoms with E-state index in [1.165, 1.54) is 7.11 Å². The van der Waals surface area contributed by atoms with Crippen LogP contribution < -0.4 is 10.1 Å². The number of hydrogen-bond donors (Lipinski definition) is 2. The van der Waals surface area contributed by atoms with Gasteiger partial charge in [0.05, 0.1) is 30.4 Å². The molecule has 21 heavy (non-hydrogen) atoms. The molecule has 1 heterocycles. The van der Waals surface area contributed by atoms with Gasteiger partial charge in [-0.1, -0.05) is 0 Å². The number of carboxylic acid groups (broad SMARTS) is 1. The number of aliphatic carboxylic acids is 1. The summed E-state index contributed by atoms with van der Waals surface area (Å²) in [4.78, 5) is 21.4. The molecule has 1 atom stereocenters. The lowest BCUT2D eigenvalue weighted by Gasteiger charge is -2.25. The van der Waals surface area contributed by atoms with Crippen LogP contribution >= 0.6 is 0 Å². The predicted octanol–water partition coefficient (Wildman–Crippen LogP) is 1.40. The zero-order chi connectivity index (χ0) is 15.6. The average molecular weight is 300 g/mol. The lowest BCUT2D eigenvalue weighted by molar-refractivity contribution is -0.385. The van der Waals surface area contributed by atoms with Crippen LogP contribution in [0.15, 0.2) is 12.1 Å². The normalized spacial score (nSPS) is 21.0. The van der Waals surface area contributed by atoms with Gasteiger partial charge in [0, 0.05) is 19.1 Å². The van der Waals surface area contributed by atoms with Gasteiger partial charge in [-0.05, 0) is 0 Å². The molecule has 8 nitrogen and oxygen atoms in total. The van der Waals surface area contributed by atoms with Gasteiger partial charge in [-0.2, -0.15) is 0 Å². The number of rotatable bonds is 5. The Labute approximate surface area is 118 Å².